The van der Waals surface area contributed by atoms with Crippen LogP contribution in [-0.4, -0.2) is 26.9 Å². The molecule has 1 aliphatic rings. The Kier molecular flexibility index (Phi) is 1.83. The Morgan fingerprint density at radius 2 is 2.31 bits per heavy atom. The molecule has 1 aromatic heterocycles. The van der Waals surface area contributed by atoms with E-state index < -0.39 is 0 Å². The minimum atomic E-state index is 0.145. The number of carbonyl (C=O) groups excluding carboxylic acids is 1. The van der Waals surface area contributed by atoms with Gasteiger partial charge in [-0.25, -0.2) is 4.98 Å². The van der Waals surface area contributed by atoms with Gasteiger partial charge in [-0.2, -0.15) is 0 Å². The van der Waals surface area contributed by atoms with Crippen LogP contribution in [0, 0.1) is 6.92 Å². The Balaban J connectivity index is 2.27. The van der Waals surface area contributed by atoms with E-state index in [1.54, 1.807) is 6.92 Å². The molecule has 0 aromatic carbocycles. The maximum absolute atomic E-state index is 11.1. The minimum Gasteiger partial charge on any atom is -0.335 e. The van der Waals surface area contributed by atoms with Crippen LogP contribution in [0.1, 0.15) is 18.3 Å². The molecule has 0 fully saturated rings. The van der Waals surface area contributed by atoms with Crippen molar-refractivity contribution in [2.24, 2.45) is 0 Å². The second kappa shape index (κ2) is 2.87. The molecule has 4 nitrogen and oxygen atoms in total. The van der Waals surface area contributed by atoms with Crippen molar-refractivity contribution in [3.63, 3.8) is 0 Å². The number of aryl methyl sites for hydroxylation is 1. The minimum absolute atomic E-state index is 0.145. The Labute approximate surface area is 77.2 Å². The number of rotatable bonds is 0. The van der Waals surface area contributed by atoms with Crippen LogP contribution in [-0.2, 0) is 17.9 Å². The molecular weight excluding hydrogens is 166 g/mol. The summed E-state index contributed by atoms with van der Waals surface area (Å²) in [5, 5.41) is 0. The lowest BCUT2D eigenvalue weighted by molar-refractivity contribution is -0.130. The predicted octanol–water partition coefficient (Wildman–Crippen LogP) is 0.554. The molecule has 0 N–H and O–H groups in total. The van der Waals surface area contributed by atoms with Gasteiger partial charge in [0.25, 0.3) is 0 Å². The lowest BCUT2D eigenvalue weighted by atomic mass is 10.2. The summed E-state index contributed by atoms with van der Waals surface area (Å²) in [5.41, 5.74) is 2.20. The summed E-state index contributed by atoms with van der Waals surface area (Å²) in [4.78, 5) is 17.2. The highest BCUT2D eigenvalue weighted by Crippen LogP contribution is 2.14. The van der Waals surface area contributed by atoms with Crippen molar-refractivity contribution in [3.8, 4) is 0 Å². The SMILES string of the molecule is CC(=O)N1CCn2cnc(C)c2C1. The molecule has 0 bridgehead atoms. The van der Waals surface area contributed by atoms with E-state index in [4.69, 9.17) is 0 Å². The maximum Gasteiger partial charge on any atom is 0.219 e. The third-order valence-electron chi connectivity index (χ3n) is 2.55. The van der Waals surface area contributed by atoms with E-state index in [0.717, 1.165) is 18.8 Å². The summed E-state index contributed by atoms with van der Waals surface area (Å²) in [6.07, 6.45) is 1.85. The number of aromatic nitrogens is 2. The summed E-state index contributed by atoms with van der Waals surface area (Å²) >= 11 is 0. The Hall–Kier alpha value is -1.32. The van der Waals surface area contributed by atoms with Gasteiger partial charge in [-0.1, -0.05) is 0 Å². The zero-order chi connectivity index (χ0) is 9.42. The zero-order valence-electron chi connectivity index (χ0n) is 7.95. The summed E-state index contributed by atoms with van der Waals surface area (Å²) in [5.74, 6) is 0.145. The van der Waals surface area contributed by atoms with Gasteiger partial charge in [0.15, 0.2) is 0 Å². The van der Waals surface area contributed by atoms with Crippen LogP contribution in [0.3, 0.4) is 0 Å². The van der Waals surface area contributed by atoms with E-state index in [1.807, 2.05) is 18.2 Å². The topological polar surface area (TPSA) is 38.1 Å². The fourth-order valence-corrected chi connectivity index (χ4v) is 1.66. The lowest BCUT2D eigenvalue weighted by Crippen LogP contribution is -2.36. The lowest BCUT2D eigenvalue weighted by Gasteiger charge is -2.27. The van der Waals surface area contributed by atoms with E-state index in [1.165, 1.54) is 5.69 Å². The first-order chi connectivity index (χ1) is 6.18. The molecule has 4 heteroatoms. The van der Waals surface area contributed by atoms with Crippen LogP contribution in [0.5, 0.6) is 0 Å². The average Bonchev–Trinajstić information content (AvgIpc) is 2.47. The van der Waals surface area contributed by atoms with Crippen molar-refractivity contribution >= 4 is 5.91 Å². The number of nitrogens with zero attached hydrogens (tertiary/aromatic N) is 3. The predicted molar refractivity (Wildman–Crippen MR) is 48.1 cm³/mol. The van der Waals surface area contributed by atoms with Crippen molar-refractivity contribution in [3.05, 3.63) is 17.7 Å². The van der Waals surface area contributed by atoms with Crippen LogP contribution in [0.25, 0.3) is 0 Å². The zero-order valence-corrected chi connectivity index (χ0v) is 7.95. The van der Waals surface area contributed by atoms with Crippen LogP contribution < -0.4 is 0 Å². The van der Waals surface area contributed by atoms with Crippen molar-refractivity contribution in [1.82, 2.24) is 14.5 Å². The molecule has 1 aromatic rings. The number of hydrogen-bond donors (Lipinski definition) is 0. The van der Waals surface area contributed by atoms with E-state index in [9.17, 15) is 4.79 Å². The number of imidazole rings is 1. The number of hydrogen-bond acceptors (Lipinski definition) is 2. The first-order valence-electron chi connectivity index (χ1n) is 4.44. The maximum atomic E-state index is 11.1. The van der Waals surface area contributed by atoms with Crippen molar-refractivity contribution in [2.45, 2.75) is 26.9 Å². The smallest absolute Gasteiger partial charge is 0.219 e. The Bertz CT molecular complexity index is 343. The van der Waals surface area contributed by atoms with Gasteiger partial charge >= 0.3 is 0 Å². The van der Waals surface area contributed by atoms with Crippen molar-refractivity contribution < 1.29 is 4.79 Å². The molecule has 1 amide bonds. The van der Waals surface area contributed by atoms with Gasteiger partial charge < -0.3 is 9.47 Å². The van der Waals surface area contributed by atoms with E-state index in [0.29, 0.717) is 6.54 Å². The Morgan fingerprint density at radius 3 is 3.00 bits per heavy atom. The number of amides is 1. The van der Waals surface area contributed by atoms with Crippen molar-refractivity contribution in [1.29, 1.82) is 0 Å². The van der Waals surface area contributed by atoms with Crippen LogP contribution in [0.2, 0.25) is 0 Å². The molecule has 0 spiro atoms. The molecule has 0 atom stereocenters. The van der Waals surface area contributed by atoms with Crippen LogP contribution in [0.4, 0.5) is 0 Å². The molecule has 0 radical (unpaired) electrons. The van der Waals surface area contributed by atoms with Gasteiger partial charge in [0.1, 0.15) is 0 Å². The standard InChI is InChI=1S/C9H13N3O/c1-7-9-5-11(8(2)13)3-4-12(9)6-10-7/h6H,3-5H2,1-2H3. The van der Waals surface area contributed by atoms with Crippen LogP contribution in [0.15, 0.2) is 6.33 Å². The quantitative estimate of drug-likeness (QED) is 0.583. The molecule has 13 heavy (non-hydrogen) atoms. The summed E-state index contributed by atoms with van der Waals surface area (Å²) in [7, 11) is 0. The second-order valence-corrected chi connectivity index (χ2v) is 3.41. The van der Waals surface area contributed by atoms with Gasteiger partial charge in [0.05, 0.1) is 24.3 Å². The van der Waals surface area contributed by atoms with E-state index in [-0.39, 0.29) is 5.91 Å². The van der Waals surface area contributed by atoms with Gasteiger partial charge in [-0.15, -0.1) is 0 Å². The third kappa shape index (κ3) is 1.32. The van der Waals surface area contributed by atoms with E-state index >= 15 is 0 Å². The molecular formula is C9H13N3O. The third-order valence-corrected chi connectivity index (χ3v) is 2.55. The second-order valence-electron chi connectivity index (χ2n) is 3.41. The fourth-order valence-electron chi connectivity index (χ4n) is 1.66. The molecule has 2 heterocycles. The Morgan fingerprint density at radius 1 is 1.54 bits per heavy atom. The van der Waals surface area contributed by atoms with Gasteiger partial charge in [0, 0.05) is 20.0 Å². The fraction of sp³-hybridized carbons (Fsp3) is 0.556. The highest BCUT2D eigenvalue weighted by molar-refractivity contribution is 5.73. The van der Waals surface area contributed by atoms with Gasteiger partial charge in [0.2, 0.25) is 5.91 Å². The summed E-state index contributed by atoms with van der Waals surface area (Å²) < 4.78 is 2.12. The highest BCUT2D eigenvalue weighted by Gasteiger charge is 2.19. The molecule has 0 aliphatic carbocycles. The largest absolute Gasteiger partial charge is 0.335 e. The summed E-state index contributed by atoms with van der Waals surface area (Å²) in [6.45, 7) is 5.98. The van der Waals surface area contributed by atoms with Gasteiger partial charge in [-0.05, 0) is 6.92 Å². The van der Waals surface area contributed by atoms with Crippen LogP contribution >= 0.6 is 0 Å². The van der Waals surface area contributed by atoms with E-state index in [2.05, 4.69) is 9.55 Å². The molecule has 0 saturated carbocycles. The van der Waals surface area contributed by atoms with Crippen molar-refractivity contribution in [2.75, 3.05) is 6.54 Å². The number of carbonyl (C=O) groups is 1. The monoisotopic (exact) mass is 179 g/mol. The number of fused-ring (bicyclic) bond motifs is 1. The summed E-state index contributed by atoms with van der Waals surface area (Å²) in [6, 6.07) is 0. The highest BCUT2D eigenvalue weighted by atomic mass is 16.2. The molecule has 0 saturated heterocycles. The normalized spacial score (nSPS) is 15.7. The first-order valence-corrected chi connectivity index (χ1v) is 4.44. The molecule has 1 aliphatic heterocycles. The molecule has 0 unspecified atom stereocenters. The first kappa shape index (κ1) is 8.29. The molecule has 2 rings (SSSR count). The molecule has 70 valence electrons. The van der Waals surface area contributed by atoms with Gasteiger partial charge in [-0.3, -0.25) is 4.79 Å². The average molecular weight is 179 g/mol.